The van der Waals surface area contributed by atoms with Crippen molar-refractivity contribution in [3.8, 4) is 0 Å². The third-order valence-corrected chi connectivity index (χ3v) is 4.23. The Hall–Kier alpha value is -3.28. The molecule has 0 fully saturated rings. The summed E-state index contributed by atoms with van der Waals surface area (Å²) in [5.41, 5.74) is 2.60. The van der Waals surface area contributed by atoms with Gasteiger partial charge in [0.15, 0.2) is 12.1 Å². The van der Waals surface area contributed by atoms with Crippen molar-refractivity contribution < 1.29 is 9.59 Å². The number of imidazole rings is 1. The minimum atomic E-state index is -0.314. The monoisotopic (exact) mass is 362 g/mol. The normalized spacial score (nSPS) is 13.4. The molecule has 138 valence electrons. The van der Waals surface area contributed by atoms with Crippen molar-refractivity contribution in [2.75, 3.05) is 0 Å². The average molecular weight is 362 g/mol. The van der Waals surface area contributed by atoms with Crippen LogP contribution < -0.4 is 5.32 Å². The number of carbonyl (C=O) groups excluding carboxylic acids is 2. The van der Waals surface area contributed by atoms with Crippen molar-refractivity contribution in [1.29, 1.82) is 0 Å². The molecular formula is C21H22N4O2. The number of rotatable bonds is 6. The van der Waals surface area contributed by atoms with Crippen LogP contribution in [-0.4, -0.2) is 28.0 Å². The first-order valence-electron chi connectivity index (χ1n) is 8.90. The molecule has 0 aliphatic carbocycles. The number of aromatic nitrogens is 2. The topological polar surface area (TPSA) is 76.3 Å². The lowest BCUT2D eigenvalue weighted by atomic mass is 10.1. The van der Waals surface area contributed by atoms with Gasteiger partial charge < -0.3 is 9.88 Å². The second-order valence-corrected chi connectivity index (χ2v) is 6.48. The first-order valence-corrected chi connectivity index (χ1v) is 8.90. The number of nitrogens with one attached hydrogen (secondary N) is 1. The van der Waals surface area contributed by atoms with Gasteiger partial charge in [0.25, 0.3) is 5.91 Å². The molecule has 2 aromatic rings. The summed E-state index contributed by atoms with van der Waals surface area (Å²) in [6.07, 6.45) is 8.67. The molecule has 0 unspecified atom stereocenters. The molecule has 1 aliphatic heterocycles. The zero-order chi connectivity index (χ0) is 19.2. The van der Waals surface area contributed by atoms with Gasteiger partial charge in [0, 0.05) is 30.6 Å². The third-order valence-electron chi connectivity index (χ3n) is 4.23. The van der Waals surface area contributed by atoms with Gasteiger partial charge in [-0.25, -0.2) is 4.98 Å². The van der Waals surface area contributed by atoms with Crippen LogP contribution in [-0.2, 0) is 6.54 Å². The second kappa shape index (κ2) is 8.40. The summed E-state index contributed by atoms with van der Waals surface area (Å²) in [6, 6.07) is 9.56. The van der Waals surface area contributed by atoms with E-state index in [0.717, 1.165) is 17.4 Å². The number of aliphatic imine (C=N–C) groups is 1. The highest BCUT2D eigenvalue weighted by atomic mass is 16.2. The van der Waals surface area contributed by atoms with Gasteiger partial charge in [-0.15, -0.1) is 0 Å². The van der Waals surface area contributed by atoms with Gasteiger partial charge in [0.1, 0.15) is 11.4 Å². The molecular weight excluding hydrogens is 340 g/mol. The van der Waals surface area contributed by atoms with Gasteiger partial charge >= 0.3 is 0 Å². The molecule has 27 heavy (non-hydrogen) atoms. The molecule has 2 heterocycles. The molecule has 3 rings (SSSR count). The van der Waals surface area contributed by atoms with Crippen LogP contribution >= 0.6 is 0 Å². The predicted molar refractivity (Wildman–Crippen MR) is 106 cm³/mol. The van der Waals surface area contributed by atoms with E-state index in [2.05, 4.69) is 15.3 Å². The number of hydrogen-bond donors (Lipinski definition) is 1. The Labute approximate surface area is 158 Å². The van der Waals surface area contributed by atoms with Crippen LogP contribution in [0.1, 0.15) is 58.7 Å². The standard InChI is InChI=1S/C21H22N4O2/c1-15(2)25-18(14-26)19(17-10-6-7-11-22-13-17)24-20(25)21(27)23-12-16-8-4-3-5-9-16/h3-5,7-11,13-15H,6,12H2,1-2H3,(H,23,27). The van der Waals surface area contributed by atoms with E-state index in [1.165, 1.54) is 0 Å². The summed E-state index contributed by atoms with van der Waals surface area (Å²) in [6.45, 7) is 4.23. The fourth-order valence-corrected chi connectivity index (χ4v) is 2.96. The van der Waals surface area contributed by atoms with Crippen molar-refractivity contribution in [3.63, 3.8) is 0 Å². The highest BCUT2D eigenvalue weighted by Gasteiger charge is 2.24. The van der Waals surface area contributed by atoms with Crippen molar-refractivity contribution in [1.82, 2.24) is 14.9 Å². The van der Waals surface area contributed by atoms with Crippen LogP contribution in [0.5, 0.6) is 0 Å². The van der Waals surface area contributed by atoms with Crippen LogP contribution in [0.2, 0.25) is 0 Å². The number of nitrogens with zero attached hydrogens (tertiary/aromatic N) is 3. The Bertz CT molecular complexity index is 921. The van der Waals surface area contributed by atoms with Gasteiger partial charge in [0.2, 0.25) is 0 Å². The maximum Gasteiger partial charge on any atom is 0.287 e. The number of aldehydes is 1. The molecule has 6 heteroatoms. The molecule has 0 radical (unpaired) electrons. The quantitative estimate of drug-likeness (QED) is 0.798. The van der Waals surface area contributed by atoms with E-state index >= 15 is 0 Å². The molecule has 0 bridgehead atoms. The Morgan fingerprint density at radius 3 is 2.78 bits per heavy atom. The molecule has 1 amide bonds. The Morgan fingerprint density at radius 2 is 2.07 bits per heavy atom. The van der Waals surface area contributed by atoms with E-state index < -0.39 is 0 Å². The summed E-state index contributed by atoms with van der Waals surface area (Å²) in [4.78, 5) is 33.3. The number of hydrogen-bond acceptors (Lipinski definition) is 4. The first kappa shape index (κ1) is 18.5. The molecule has 1 aromatic heterocycles. The molecule has 0 atom stereocenters. The van der Waals surface area contributed by atoms with Crippen LogP contribution in [0, 0.1) is 0 Å². The van der Waals surface area contributed by atoms with Crippen LogP contribution in [0.4, 0.5) is 0 Å². The fraction of sp³-hybridized carbons (Fsp3) is 0.238. The number of benzene rings is 1. The van der Waals surface area contributed by atoms with E-state index in [9.17, 15) is 9.59 Å². The fourth-order valence-electron chi connectivity index (χ4n) is 2.96. The first-order chi connectivity index (χ1) is 13.1. The van der Waals surface area contributed by atoms with Gasteiger partial charge in [-0.05, 0) is 25.8 Å². The van der Waals surface area contributed by atoms with Crippen molar-refractivity contribution in [2.24, 2.45) is 4.99 Å². The number of allylic oxidation sites excluding steroid dienone is 3. The highest BCUT2D eigenvalue weighted by Crippen LogP contribution is 2.23. The minimum absolute atomic E-state index is 0.0923. The van der Waals surface area contributed by atoms with E-state index in [1.807, 2.05) is 56.3 Å². The summed E-state index contributed by atoms with van der Waals surface area (Å²) in [5, 5.41) is 2.89. The number of carbonyl (C=O) groups is 2. The maximum atomic E-state index is 12.8. The lowest BCUT2D eigenvalue weighted by molar-refractivity contribution is 0.0934. The number of amides is 1. The second-order valence-electron chi connectivity index (χ2n) is 6.48. The summed E-state index contributed by atoms with van der Waals surface area (Å²) >= 11 is 0. The minimum Gasteiger partial charge on any atom is -0.345 e. The van der Waals surface area contributed by atoms with Crippen molar-refractivity contribution >= 4 is 24.0 Å². The highest BCUT2D eigenvalue weighted by molar-refractivity contribution is 6.12. The largest absolute Gasteiger partial charge is 0.345 e. The van der Waals surface area contributed by atoms with Gasteiger partial charge in [0.05, 0.1) is 0 Å². The van der Waals surface area contributed by atoms with Gasteiger partial charge in [-0.3, -0.25) is 14.6 Å². The molecule has 0 saturated heterocycles. The molecule has 1 aromatic carbocycles. The average Bonchev–Trinajstić information content (AvgIpc) is 2.87. The smallest absolute Gasteiger partial charge is 0.287 e. The summed E-state index contributed by atoms with van der Waals surface area (Å²) in [5.74, 6) is -0.0873. The lowest BCUT2D eigenvalue weighted by Crippen LogP contribution is -2.27. The van der Waals surface area contributed by atoms with Crippen LogP contribution in [0.15, 0.2) is 53.7 Å². The SMILES string of the molecule is CC(C)n1c(C(=O)NCc2ccccc2)nc(C2=CCC=CN=C2)c1C=O. The Balaban J connectivity index is 1.95. The lowest BCUT2D eigenvalue weighted by Gasteiger charge is -2.13. The van der Waals surface area contributed by atoms with E-state index in [4.69, 9.17) is 0 Å². The van der Waals surface area contributed by atoms with Crippen LogP contribution in [0.3, 0.4) is 0 Å². The van der Waals surface area contributed by atoms with E-state index in [0.29, 0.717) is 24.4 Å². The molecule has 0 saturated carbocycles. The zero-order valence-corrected chi connectivity index (χ0v) is 15.4. The zero-order valence-electron chi connectivity index (χ0n) is 15.4. The molecule has 1 aliphatic rings. The predicted octanol–water partition coefficient (Wildman–Crippen LogP) is 3.58. The molecule has 6 nitrogen and oxygen atoms in total. The summed E-state index contributed by atoms with van der Waals surface area (Å²) in [7, 11) is 0. The summed E-state index contributed by atoms with van der Waals surface area (Å²) < 4.78 is 1.68. The van der Waals surface area contributed by atoms with Crippen molar-refractivity contribution in [2.45, 2.75) is 32.9 Å². The molecule has 1 N–H and O–H groups in total. The van der Waals surface area contributed by atoms with Gasteiger partial charge in [-0.2, -0.15) is 0 Å². The molecule has 0 spiro atoms. The van der Waals surface area contributed by atoms with Gasteiger partial charge in [-0.1, -0.05) is 42.5 Å². The maximum absolute atomic E-state index is 12.8. The third kappa shape index (κ3) is 4.11. The van der Waals surface area contributed by atoms with E-state index in [1.54, 1.807) is 17.0 Å². The van der Waals surface area contributed by atoms with Crippen LogP contribution in [0.25, 0.3) is 5.57 Å². The Morgan fingerprint density at radius 1 is 1.30 bits per heavy atom. The van der Waals surface area contributed by atoms with Crippen molar-refractivity contribution in [3.05, 3.63) is 71.5 Å². The van der Waals surface area contributed by atoms with E-state index in [-0.39, 0.29) is 17.8 Å². The Kier molecular flexibility index (Phi) is 5.76.